The van der Waals surface area contributed by atoms with Crippen LogP contribution in [0.4, 0.5) is 0 Å². The van der Waals surface area contributed by atoms with Crippen molar-refractivity contribution >= 4 is 0 Å². The van der Waals surface area contributed by atoms with Crippen LogP contribution in [0.1, 0.15) is 0 Å². The molecule has 12 heavy (non-hydrogen) atoms. The first-order valence-corrected chi connectivity index (χ1v) is 4.08. The Morgan fingerprint density at radius 3 is 2.92 bits per heavy atom. The van der Waals surface area contributed by atoms with Gasteiger partial charge in [-0.15, -0.1) is 0 Å². The Morgan fingerprint density at radius 2 is 2.33 bits per heavy atom. The molecule has 0 aromatic carbocycles. The first kappa shape index (κ1) is 9.22. The van der Waals surface area contributed by atoms with Gasteiger partial charge in [-0.1, -0.05) is 0 Å². The number of aliphatic hydroxyl groups excluding tert-OH is 1. The van der Waals surface area contributed by atoms with E-state index in [0.29, 0.717) is 0 Å². The second kappa shape index (κ2) is 4.90. The van der Waals surface area contributed by atoms with E-state index in [1.54, 1.807) is 12.5 Å². The van der Waals surface area contributed by atoms with Crippen molar-refractivity contribution < 1.29 is 5.11 Å². The SMILES string of the molecule is CN(CCO)CCn1ccnc1. The lowest BCUT2D eigenvalue weighted by molar-refractivity contribution is 0.217. The monoisotopic (exact) mass is 169 g/mol. The molecule has 0 atom stereocenters. The number of hydrogen-bond donors (Lipinski definition) is 1. The molecule has 4 nitrogen and oxygen atoms in total. The Hall–Kier alpha value is -0.870. The van der Waals surface area contributed by atoms with Crippen molar-refractivity contribution in [2.24, 2.45) is 0 Å². The molecule has 1 heterocycles. The van der Waals surface area contributed by atoms with Crippen molar-refractivity contribution in [3.05, 3.63) is 18.7 Å². The predicted molar refractivity (Wildman–Crippen MR) is 46.8 cm³/mol. The van der Waals surface area contributed by atoms with E-state index in [1.165, 1.54) is 0 Å². The van der Waals surface area contributed by atoms with E-state index in [0.717, 1.165) is 19.6 Å². The van der Waals surface area contributed by atoms with Gasteiger partial charge in [-0.3, -0.25) is 0 Å². The van der Waals surface area contributed by atoms with Crippen LogP contribution in [0.25, 0.3) is 0 Å². The number of aliphatic hydroxyl groups is 1. The number of imidazole rings is 1. The minimum absolute atomic E-state index is 0.223. The van der Waals surface area contributed by atoms with Crippen molar-refractivity contribution in [2.45, 2.75) is 6.54 Å². The summed E-state index contributed by atoms with van der Waals surface area (Å²) < 4.78 is 2.02. The fraction of sp³-hybridized carbons (Fsp3) is 0.625. The van der Waals surface area contributed by atoms with Crippen LogP contribution in [-0.2, 0) is 6.54 Å². The molecule has 1 aromatic rings. The fourth-order valence-electron chi connectivity index (χ4n) is 0.988. The van der Waals surface area contributed by atoms with Crippen molar-refractivity contribution in [3.8, 4) is 0 Å². The third kappa shape index (κ3) is 3.02. The molecule has 0 saturated heterocycles. The minimum atomic E-state index is 0.223. The largest absolute Gasteiger partial charge is 0.395 e. The summed E-state index contributed by atoms with van der Waals surface area (Å²) >= 11 is 0. The first-order chi connectivity index (χ1) is 5.83. The van der Waals surface area contributed by atoms with Gasteiger partial charge >= 0.3 is 0 Å². The summed E-state index contributed by atoms with van der Waals surface area (Å²) in [6.07, 6.45) is 5.51. The molecule has 1 N–H and O–H groups in total. The molecule has 4 heteroatoms. The molecule has 1 aromatic heterocycles. The van der Waals surface area contributed by atoms with E-state index in [1.807, 2.05) is 17.8 Å². The van der Waals surface area contributed by atoms with Crippen LogP contribution in [0.15, 0.2) is 18.7 Å². The molecular formula is C8H15N3O. The van der Waals surface area contributed by atoms with Gasteiger partial charge in [-0.05, 0) is 7.05 Å². The number of aromatic nitrogens is 2. The van der Waals surface area contributed by atoms with Gasteiger partial charge < -0.3 is 14.6 Å². The molecule has 1 rings (SSSR count). The van der Waals surface area contributed by atoms with E-state index < -0.39 is 0 Å². The van der Waals surface area contributed by atoms with Crippen molar-refractivity contribution in [1.82, 2.24) is 14.5 Å². The Kier molecular flexibility index (Phi) is 3.76. The molecular weight excluding hydrogens is 154 g/mol. The van der Waals surface area contributed by atoms with Crippen LogP contribution in [0.2, 0.25) is 0 Å². The Labute approximate surface area is 72.4 Å². The van der Waals surface area contributed by atoms with Crippen LogP contribution in [0.5, 0.6) is 0 Å². The molecule has 0 spiro atoms. The molecule has 0 aliphatic heterocycles. The van der Waals surface area contributed by atoms with Gasteiger partial charge in [0.05, 0.1) is 12.9 Å². The summed E-state index contributed by atoms with van der Waals surface area (Å²) in [5, 5.41) is 8.63. The fourth-order valence-corrected chi connectivity index (χ4v) is 0.988. The third-order valence-electron chi connectivity index (χ3n) is 1.78. The summed E-state index contributed by atoms with van der Waals surface area (Å²) in [4.78, 5) is 6.02. The highest BCUT2D eigenvalue weighted by atomic mass is 16.3. The molecule has 0 unspecified atom stereocenters. The number of nitrogens with zero attached hydrogens (tertiary/aromatic N) is 3. The van der Waals surface area contributed by atoms with Crippen molar-refractivity contribution in [3.63, 3.8) is 0 Å². The molecule has 0 fully saturated rings. The lowest BCUT2D eigenvalue weighted by Gasteiger charge is -2.14. The zero-order chi connectivity index (χ0) is 8.81. The van der Waals surface area contributed by atoms with Crippen LogP contribution in [0.3, 0.4) is 0 Å². The van der Waals surface area contributed by atoms with Gasteiger partial charge in [0.2, 0.25) is 0 Å². The first-order valence-electron chi connectivity index (χ1n) is 4.08. The topological polar surface area (TPSA) is 41.3 Å². The second-order valence-electron chi connectivity index (χ2n) is 2.83. The van der Waals surface area contributed by atoms with Crippen LogP contribution in [0, 0.1) is 0 Å². The zero-order valence-corrected chi connectivity index (χ0v) is 7.35. The highest BCUT2D eigenvalue weighted by Gasteiger charge is 1.96. The zero-order valence-electron chi connectivity index (χ0n) is 7.35. The summed E-state index contributed by atoms with van der Waals surface area (Å²) in [5.41, 5.74) is 0. The Balaban J connectivity index is 2.17. The highest BCUT2D eigenvalue weighted by molar-refractivity contribution is 4.74. The van der Waals surface area contributed by atoms with Crippen LogP contribution >= 0.6 is 0 Å². The summed E-state index contributed by atoms with van der Waals surface area (Å²) in [6.45, 7) is 2.82. The van der Waals surface area contributed by atoms with Gasteiger partial charge in [0.1, 0.15) is 0 Å². The van der Waals surface area contributed by atoms with E-state index in [9.17, 15) is 0 Å². The summed E-state index contributed by atoms with van der Waals surface area (Å²) in [6, 6.07) is 0. The second-order valence-corrected chi connectivity index (χ2v) is 2.83. The Morgan fingerprint density at radius 1 is 1.50 bits per heavy atom. The summed E-state index contributed by atoms with van der Waals surface area (Å²) in [5.74, 6) is 0. The van der Waals surface area contributed by atoms with E-state index in [2.05, 4.69) is 9.88 Å². The molecule has 0 bridgehead atoms. The average molecular weight is 169 g/mol. The standard InChI is InChI=1S/C8H15N3O/c1-10(6-7-12)4-5-11-3-2-9-8-11/h2-3,8,12H,4-7H2,1H3. The minimum Gasteiger partial charge on any atom is -0.395 e. The van der Waals surface area contributed by atoms with Crippen molar-refractivity contribution in [2.75, 3.05) is 26.7 Å². The molecule has 0 aliphatic carbocycles. The maximum absolute atomic E-state index is 8.63. The lowest BCUT2D eigenvalue weighted by Crippen LogP contribution is -2.25. The van der Waals surface area contributed by atoms with E-state index in [-0.39, 0.29) is 6.61 Å². The smallest absolute Gasteiger partial charge is 0.0946 e. The molecule has 0 radical (unpaired) electrons. The third-order valence-corrected chi connectivity index (χ3v) is 1.78. The van der Waals surface area contributed by atoms with E-state index in [4.69, 9.17) is 5.11 Å². The molecule has 0 aliphatic rings. The summed E-state index contributed by atoms with van der Waals surface area (Å²) in [7, 11) is 1.99. The lowest BCUT2D eigenvalue weighted by atomic mass is 10.5. The van der Waals surface area contributed by atoms with Gasteiger partial charge in [0, 0.05) is 32.0 Å². The van der Waals surface area contributed by atoms with Gasteiger partial charge in [0.25, 0.3) is 0 Å². The maximum Gasteiger partial charge on any atom is 0.0946 e. The van der Waals surface area contributed by atoms with Gasteiger partial charge in [0.15, 0.2) is 0 Å². The van der Waals surface area contributed by atoms with Crippen LogP contribution < -0.4 is 0 Å². The van der Waals surface area contributed by atoms with Gasteiger partial charge in [-0.25, -0.2) is 4.98 Å². The quantitative estimate of drug-likeness (QED) is 0.664. The molecule has 0 amide bonds. The van der Waals surface area contributed by atoms with E-state index >= 15 is 0 Å². The highest BCUT2D eigenvalue weighted by Crippen LogP contribution is 1.88. The number of hydrogen-bond acceptors (Lipinski definition) is 3. The van der Waals surface area contributed by atoms with Crippen molar-refractivity contribution in [1.29, 1.82) is 0 Å². The molecule has 0 saturated carbocycles. The average Bonchev–Trinajstić information content (AvgIpc) is 2.53. The van der Waals surface area contributed by atoms with Crippen LogP contribution in [-0.4, -0.2) is 46.3 Å². The van der Waals surface area contributed by atoms with Gasteiger partial charge in [-0.2, -0.15) is 0 Å². The normalized spacial score (nSPS) is 10.9. The predicted octanol–water partition coefficient (Wildman–Crippen LogP) is -0.193. The number of rotatable bonds is 5. The molecule has 68 valence electrons. The number of likely N-dealkylation sites (N-methyl/N-ethyl adjacent to an activating group) is 1. The Bertz CT molecular complexity index is 198. The maximum atomic E-state index is 8.63.